The Morgan fingerprint density at radius 3 is 2.56 bits per heavy atom. The molecule has 3 fully saturated rings. The lowest BCUT2D eigenvalue weighted by molar-refractivity contribution is -0.0951. The standard InChI is InChI=1S/C14H25NO/c1-16-14(5-2-6-14)13(15)9-12-8-10-3-4-11(12)7-10/h10-13H,2-9,15H2,1H3. The number of rotatable bonds is 4. The van der Waals surface area contributed by atoms with E-state index in [4.69, 9.17) is 10.5 Å². The highest BCUT2D eigenvalue weighted by molar-refractivity contribution is 5.01. The Balaban J connectivity index is 1.58. The normalized spacial score (nSPS) is 42.0. The Hall–Kier alpha value is -0.0800. The number of nitrogens with two attached hydrogens (primary N) is 1. The fraction of sp³-hybridized carbons (Fsp3) is 1.00. The van der Waals surface area contributed by atoms with Gasteiger partial charge < -0.3 is 10.5 Å². The molecule has 2 nitrogen and oxygen atoms in total. The minimum absolute atomic E-state index is 0.0574. The molecule has 0 saturated heterocycles. The van der Waals surface area contributed by atoms with Gasteiger partial charge in [-0.05, 0) is 62.7 Å². The van der Waals surface area contributed by atoms with Gasteiger partial charge in [-0.1, -0.05) is 6.42 Å². The Morgan fingerprint density at radius 2 is 2.12 bits per heavy atom. The second kappa shape index (κ2) is 3.99. The molecule has 2 heteroatoms. The summed E-state index contributed by atoms with van der Waals surface area (Å²) in [6, 6.07) is 0.288. The van der Waals surface area contributed by atoms with E-state index in [-0.39, 0.29) is 11.6 Å². The third-order valence-electron chi connectivity index (χ3n) is 5.72. The van der Waals surface area contributed by atoms with Crippen molar-refractivity contribution in [2.45, 2.75) is 63.0 Å². The molecule has 0 amide bonds. The van der Waals surface area contributed by atoms with Crippen molar-refractivity contribution >= 4 is 0 Å². The van der Waals surface area contributed by atoms with Crippen molar-refractivity contribution < 1.29 is 4.74 Å². The van der Waals surface area contributed by atoms with Crippen LogP contribution in [0.3, 0.4) is 0 Å². The molecular formula is C14H25NO. The van der Waals surface area contributed by atoms with Gasteiger partial charge in [0.15, 0.2) is 0 Å². The fourth-order valence-electron chi connectivity index (χ4n) is 4.46. The first-order valence-corrected chi connectivity index (χ1v) is 7.04. The van der Waals surface area contributed by atoms with Gasteiger partial charge in [0.25, 0.3) is 0 Å². The smallest absolute Gasteiger partial charge is 0.0829 e. The van der Waals surface area contributed by atoms with E-state index in [2.05, 4.69) is 0 Å². The predicted molar refractivity (Wildman–Crippen MR) is 65.1 cm³/mol. The lowest BCUT2D eigenvalue weighted by atomic mass is 9.70. The zero-order chi connectivity index (χ0) is 11.2. The summed E-state index contributed by atoms with van der Waals surface area (Å²) >= 11 is 0. The Morgan fingerprint density at radius 1 is 1.31 bits per heavy atom. The maximum atomic E-state index is 6.41. The van der Waals surface area contributed by atoms with E-state index in [9.17, 15) is 0 Å². The van der Waals surface area contributed by atoms with Gasteiger partial charge in [0.05, 0.1) is 5.60 Å². The molecule has 4 unspecified atom stereocenters. The van der Waals surface area contributed by atoms with Gasteiger partial charge in [-0.15, -0.1) is 0 Å². The second-order valence-corrected chi connectivity index (χ2v) is 6.40. The molecule has 92 valence electrons. The lowest BCUT2D eigenvalue weighted by Gasteiger charge is -2.46. The Labute approximate surface area is 98.9 Å². The van der Waals surface area contributed by atoms with E-state index in [0.717, 1.165) is 17.8 Å². The molecule has 0 radical (unpaired) electrons. The molecule has 2 N–H and O–H groups in total. The first kappa shape index (κ1) is 11.0. The minimum atomic E-state index is 0.0574. The van der Waals surface area contributed by atoms with E-state index < -0.39 is 0 Å². The van der Waals surface area contributed by atoms with Crippen molar-refractivity contribution in [1.82, 2.24) is 0 Å². The molecule has 0 aromatic carbocycles. The van der Waals surface area contributed by atoms with Crippen LogP contribution in [0.5, 0.6) is 0 Å². The molecular weight excluding hydrogens is 198 g/mol. The first-order chi connectivity index (χ1) is 7.73. The summed E-state index contributed by atoms with van der Waals surface area (Å²) in [5.41, 5.74) is 6.47. The van der Waals surface area contributed by atoms with Crippen LogP contribution in [0.2, 0.25) is 0 Å². The summed E-state index contributed by atoms with van der Waals surface area (Å²) in [6.45, 7) is 0. The van der Waals surface area contributed by atoms with Crippen LogP contribution in [0.25, 0.3) is 0 Å². The third kappa shape index (κ3) is 1.62. The maximum absolute atomic E-state index is 6.41. The summed E-state index contributed by atoms with van der Waals surface area (Å²) < 4.78 is 5.70. The van der Waals surface area contributed by atoms with Crippen LogP contribution >= 0.6 is 0 Å². The van der Waals surface area contributed by atoms with Crippen LogP contribution in [0.4, 0.5) is 0 Å². The molecule has 3 aliphatic carbocycles. The summed E-state index contributed by atoms with van der Waals surface area (Å²) in [5, 5.41) is 0. The van der Waals surface area contributed by atoms with Crippen molar-refractivity contribution in [2.24, 2.45) is 23.5 Å². The Kier molecular flexibility index (Phi) is 2.75. The topological polar surface area (TPSA) is 35.2 Å². The van der Waals surface area contributed by atoms with Gasteiger partial charge in [-0.2, -0.15) is 0 Å². The maximum Gasteiger partial charge on any atom is 0.0829 e. The fourth-order valence-corrected chi connectivity index (χ4v) is 4.46. The number of methoxy groups -OCH3 is 1. The van der Waals surface area contributed by atoms with E-state index in [1.54, 1.807) is 0 Å². The quantitative estimate of drug-likeness (QED) is 0.795. The molecule has 2 bridgehead atoms. The van der Waals surface area contributed by atoms with Gasteiger partial charge in [-0.3, -0.25) is 0 Å². The molecule has 3 saturated carbocycles. The van der Waals surface area contributed by atoms with E-state index >= 15 is 0 Å². The van der Waals surface area contributed by atoms with E-state index in [0.29, 0.717) is 0 Å². The van der Waals surface area contributed by atoms with Crippen LogP contribution in [0.15, 0.2) is 0 Å². The molecule has 16 heavy (non-hydrogen) atoms. The zero-order valence-corrected chi connectivity index (χ0v) is 10.5. The number of hydrogen-bond donors (Lipinski definition) is 1. The summed E-state index contributed by atoms with van der Waals surface area (Å²) in [4.78, 5) is 0. The van der Waals surface area contributed by atoms with Crippen LogP contribution < -0.4 is 5.73 Å². The monoisotopic (exact) mass is 223 g/mol. The molecule has 4 atom stereocenters. The minimum Gasteiger partial charge on any atom is -0.377 e. The largest absolute Gasteiger partial charge is 0.377 e. The van der Waals surface area contributed by atoms with Gasteiger partial charge in [0.1, 0.15) is 0 Å². The molecule has 3 rings (SSSR count). The molecule has 3 aliphatic rings. The summed E-state index contributed by atoms with van der Waals surface area (Å²) in [7, 11) is 1.85. The number of ether oxygens (including phenoxy) is 1. The summed E-state index contributed by atoms with van der Waals surface area (Å²) in [5.74, 6) is 2.97. The van der Waals surface area contributed by atoms with E-state index in [1.807, 2.05) is 7.11 Å². The highest BCUT2D eigenvalue weighted by Gasteiger charge is 2.46. The molecule has 0 spiro atoms. The van der Waals surface area contributed by atoms with Gasteiger partial charge in [0, 0.05) is 13.2 Å². The zero-order valence-electron chi connectivity index (χ0n) is 10.5. The van der Waals surface area contributed by atoms with Crippen molar-refractivity contribution in [3.05, 3.63) is 0 Å². The van der Waals surface area contributed by atoms with Crippen molar-refractivity contribution in [3.63, 3.8) is 0 Å². The van der Waals surface area contributed by atoms with Gasteiger partial charge in [-0.25, -0.2) is 0 Å². The number of hydrogen-bond acceptors (Lipinski definition) is 2. The molecule has 0 heterocycles. The summed E-state index contributed by atoms with van der Waals surface area (Å²) in [6.07, 6.45) is 10.8. The molecule has 0 aromatic rings. The molecule has 0 aromatic heterocycles. The van der Waals surface area contributed by atoms with Crippen molar-refractivity contribution in [2.75, 3.05) is 7.11 Å². The highest BCUT2D eigenvalue weighted by atomic mass is 16.5. The molecule has 0 aliphatic heterocycles. The van der Waals surface area contributed by atoms with Gasteiger partial charge >= 0.3 is 0 Å². The lowest BCUT2D eigenvalue weighted by Crippen LogP contribution is -2.55. The average Bonchev–Trinajstić information content (AvgIpc) is 2.78. The van der Waals surface area contributed by atoms with Gasteiger partial charge in [0.2, 0.25) is 0 Å². The highest BCUT2D eigenvalue weighted by Crippen LogP contribution is 2.51. The predicted octanol–water partition coefficient (Wildman–Crippen LogP) is 2.71. The van der Waals surface area contributed by atoms with Crippen molar-refractivity contribution in [1.29, 1.82) is 0 Å². The van der Waals surface area contributed by atoms with Crippen LogP contribution in [0, 0.1) is 17.8 Å². The van der Waals surface area contributed by atoms with Crippen LogP contribution in [-0.4, -0.2) is 18.8 Å². The second-order valence-electron chi connectivity index (χ2n) is 6.40. The average molecular weight is 223 g/mol. The number of fused-ring (bicyclic) bond motifs is 2. The van der Waals surface area contributed by atoms with Crippen molar-refractivity contribution in [3.8, 4) is 0 Å². The SMILES string of the molecule is COC1(C(N)CC2CC3CCC2C3)CCC1. The van der Waals surface area contributed by atoms with E-state index in [1.165, 1.54) is 51.4 Å². The third-order valence-corrected chi connectivity index (χ3v) is 5.72. The first-order valence-electron chi connectivity index (χ1n) is 7.04. The Bertz CT molecular complexity index is 256. The van der Waals surface area contributed by atoms with Crippen LogP contribution in [0.1, 0.15) is 51.4 Å². The van der Waals surface area contributed by atoms with Crippen LogP contribution in [-0.2, 0) is 4.74 Å².